The molecular weight excluding hydrogens is 348 g/mol. The molecule has 1 aromatic heterocycles. The molecule has 0 spiro atoms. The Bertz CT molecular complexity index is 821. The van der Waals surface area contributed by atoms with E-state index in [0.717, 1.165) is 25.2 Å². The summed E-state index contributed by atoms with van der Waals surface area (Å²) in [6, 6.07) is 5.59. The molecule has 1 N–H and O–H groups in total. The van der Waals surface area contributed by atoms with Crippen molar-refractivity contribution in [1.29, 1.82) is 0 Å². The topological polar surface area (TPSA) is 96.7 Å². The Labute approximate surface area is 158 Å². The van der Waals surface area contributed by atoms with E-state index in [4.69, 9.17) is 4.74 Å². The van der Waals surface area contributed by atoms with Gasteiger partial charge in [0, 0.05) is 26.2 Å². The van der Waals surface area contributed by atoms with E-state index in [9.17, 15) is 10.1 Å². The second-order valence-electron chi connectivity index (χ2n) is 6.40. The minimum absolute atomic E-state index is 0.119. The molecule has 2 aromatic rings. The van der Waals surface area contributed by atoms with Crippen LogP contribution in [0.25, 0.3) is 0 Å². The number of nitrogens with zero attached hydrogens (tertiary/aromatic N) is 5. The van der Waals surface area contributed by atoms with Crippen molar-refractivity contribution in [2.45, 2.75) is 13.8 Å². The van der Waals surface area contributed by atoms with Crippen molar-refractivity contribution in [3.63, 3.8) is 0 Å². The van der Waals surface area contributed by atoms with Gasteiger partial charge < -0.3 is 19.9 Å². The molecule has 0 atom stereocenters. The fourth-order valence-electron chi connectivity index (χ4n) is 3.18. The van der Waals surface area contributed by atoms with Crippen molar-refractivity contribution < 1.29 is 9.66 Å². The molecule has 0 saturated carbocycles. The van der Waals surface area contributed by atoms with Crippen molar-refractivity contribution in [3.8, 4) is 5.75 Å². The van der Waals surface area contributed by atoms with Crippen LogP contribution in [0.5, 0.6) is 5.75 Å². The molecule has 1 saturated heterocycles. The molecule has 3 rings (SSSR count). The van der Waals surface area contributed by atoms with Gasteiger partial charge in [0.2, 0.25) is 11.6 Å². The van der Waals surface area contributed by atoms with Gasteiger partial charge in [0.25, 0.3) is 0 Å². The molecule has 9 heteroatoms. The van der Waals surface area contributed by atoms with Crippen LogP contribution < -0.4 is 15.0 Å². The lowest BCUT2D eigenvalue weighted by atomic mass is 10.2. The molecule has 1 aromatic carbocycles. The molecule has 1 aliphatic rings. The SMILES string of the molecule is CCN1CCN(c2ncnc(Nc3cc(C)ccc3OC)c2[N+](=O)[O-])CC1. The van der Waals surface area contributed by atoms with Crippen LogP contribution in [0.15, 0.2) is 24.5 Å². The van der Waals surface area contributed by atoms with Gasteiger partial charge in [-0.3, -0.25) is 10.1 Å². The van der Waals surface area contributed by atoms with Crippen LogP contribution >= 0.6 is 0 Å². The van der Waals surface area contributed by atoms with Crippen LogP contribution in [0.4, 0.5) is 23.0 Å². The molecule has 0 radical (unpaired) electrons. The lowest BCUT2D eigenvalue weighted by molar-refractivity contribution is -0.383. The highest BCUT2D eigenvalue weighted by molar-refractivity contribution is 5.76. The number of hydrogen-bond donors (Lipinski definition) is 1. The predicted octanol–water partition coefficient (Wildman–Crippen LogP) is 2.59. The molecule has 27 heavy (non-hydrogen) atoms. The van der Waals surface area contributed by atoms with Gasteiger partial charge in [-0.05, 0) is 31.2 Å². The van der Waals surface area contributed by atoms with Crippen LogP contribution in [0.3, 0.4) is 0 Å². The number of piperazine rings is 1. The zero-order valence-corrected chi connectivity index (χ0v) is 15.8. The minimum Gasteiger partial charge on any atom is -0.495 e. The molecule has 1 fully saturated rings. The van der Waals surface area contributed by atoms with E-state index in [0.29, 0.717) is 30.3 Å². The summed E-state index contributed by atoms with van der Waals surface area (Å²) in [5.41, 5.74) is 1.51. The molecule has 0 bridgehead atoms. The van der Waals surface area contributed by atoms with Crippen molar-refractivity contribution in [2.75, 3.05) is 50.1 Å². The van der Waals surface area contributed by atoms with Crippen LogP contribution in [0.1, 0.15) is 12.5 Å². The molecule has 144 valence electrons. The van der Waals surface area contributed by atoms with E-state index in [-0.39, 0.29) is 11.5 Å². The molecular formula is C18H24N6O3. The van der Waals surface area contributed by atoms with Gasteiger partial charge >= 0.3 is 5.69 Å². The van der Waals surface area contributed by atoms with E-state index in [1.165, 1.54) is 6.33 Å². The third-order valence-corrected chi connectivity index (χ3v) is 4.71. The Morgan fingerprint density at radius 3 is 2.63 bits per heavy atom. The number of anilines is 3. The second kappa shape index (κ2) is 8.17. The largest absolute Gasteiger partial charge is 0.495 e. The zero-order valence-electron chi connectivity index (χ0n) is 15.8. The summed E-state index contributed by atoms with van der Waals surface area (Å²) in [7, 11) is 1.56. The monoisotopic (exact) mass is 372 g/mol. The van der Waals surface area contributed by atoms with Crippen molar-refractivity contribution in [2.24, 2.45) is 0 Å². The molecule has 2 heterocycles. The lowest BCUT2D eigenvalue weighted by Crippen LogP contribution is -2.46. The summed E-state index contributed by atoms with van der Waals surface area (Å²) in [6.07, 6.45) is 1.36. The van der Waals surface area contributed by atoms with Crippen LogP contribution in [0.2, 0.25) is 0 Å². The Hall–Kier alpha value is -2.94. The smallest absolute Gasteiger partial charge is 0.353 e. The average Bonchev–Trinajstić information content (AvgIpc) is 2.68. The van der Waals surface area contributed by atoms with Gasteiger partial charge in [-0.1, -0.05) is 13.0 Å². The fraction of sp³-hybridized carbons (Fsp3) is 0.444. The van der Waals surface area contributed by atoms with Crippen LogP contribution in [-0.4, -0.2) is 59.6 Å². The van der Waals surface area contributed by atoms with Gasteiger partial charge in [0.15, 0.2) is 0 Å². The third-order valence-electron chi connectivity index (χ3n) is 4.71. The lowest BCUT2D eigenvalue weighted by Gasteiger charge is -2.34. The summed E-state index contributed by atoms with van der Waals surface area (Å²) in [6.45, 7) is 8.12. The van der Waals surface area contributed by atoms with Gasteiger partial charge in [-0.15, -0.1) is 0 Å². The number of rotatable bonds is 6. The number of aromatic nitrogens is 2. The number of likely N-dealkylation sites (N-methyl/N-ethyl adjacent to an activating group) is 1. The first-order chi connectivity index (χ1) is 13.0. The van der Waals surface area contributed by atoms with E-state index < -0.39 is 4.92 Å². The van der Waals surface area contributed by atoms with Crippen molar-refractivity contribution >= 4 is 23.0 Å². The molecule has 0 unspecified atom stereocenters. The maximum Gasteiger partial charge on any atom is 0.353 e. The van der Waals surface area contributed by atoms with E-state index >= 15 is 0 Å². The highest BCUT2D eigenvalue weighted by Crippen LogP contribution is 2.36. The van der Waals surface area contributed by atoms with Gasteiger partial charge in [0.1, 0.15) is 12.1 Å². The highest BCUT2D eigenvalue weighted by Gasteiger charge is 2.29. The Balaban J connectivity index is 1.95. The summed E-state index contributed by atoms with van der Waals surface area (Å²) >= 11 is 0. The van der Waals surface area contributed by atoms with Crippen LogP contribution in [0, 0.1) is 17.0 Å². The molecule has 1 aliphatic heterocycles. The van der Waals surface area contributed by atoms with E-state index in [1.54, 1.807) is 7.11 Å². The molecule has 0 aliphatic carbocycles. The normalized spacial score (nSPS) is 14.9. The number of nitro groups is 1. The standard InChI is InChI=1S/C18H24N6O3/c1-4-22-7-9-23(10-8-22)18-16(24(25)26)17(19-12-20-18)21-14-11-13(2)5-6-15(14)27-3/h5-6,11-12H,4,7-10H2,1-3H3,(H,19,20,21). The highest BCUT2D eigenvalue weighted by atomic mass is 16.6. The van der Waals surface area contributed by atoms with Gasteiger partial charge in [-0.25, -0.2) is 9.97 Å². The Morgan fingerprint density at radius 2 is 2.00 bits per heavy atom. The summed E-state index contributed by atoms with van der Waals surface area (Å²) < 4.78 is 5.35. The first-order valence-corrected chi connectivity index (χ1v) is 8.91. The molecule has 9 nitrogen and oxygen atoms in total. The quantitative estimate of drug-likeness (QED) is 0.610. The first-order valence-electron chi connectivity index (χ1n) is 8.91. The number of hydrogen-bond acceptors (Lipinski definition) is 8. The predicted molar refractivity (Wildman–Crippen MR) is 104 cm³/mol. The maximum absolute atomic E-state index is 11.8. The average molecular weight is 372 g/mol. The van der Waals surface area contributed by atoms with E-state index in [2.05, 4.69) is 27.1 Å². The number of methoxy groups -OCH3 is 1. The number of aryl methyl sites for hydroxylation is 1. The maximum atomic E-state index is 11.8. The minimum atomic E-state index is -0.424. The zero-order chi connectivity index (χ0) is 19.4. The molecule has 0 amide bonds. The van der Waals surface area contributed by atoms with Gasteiger partial charge in [0.05, 0.1) is 17.7 Å². The summed E-state index contributed by atoms with van der Waals surface area (Å²) in [4.78, 5) is 24.0. The summed E-state index contributed by atoms with van der Waals surface area (Å²) in [5, 5.41) is 14.9. The first kappa shape index (κ1) is 18.8. The number of ether oxygens (including phenoxy) is 1. The number of nitrogens with one attached hydrogen (secondary N) is 1. The summed E-state index contributed by atoms with van der Waals surface area (Å²) in [5.74, 6) is 1.10. The second-order valence-corrected chi connectivity index (χ2v) is 6.40. The Morgan fingerprint density at radius 1 is 1.26 bits per heavy atom. The fourth-order valence-corrected chi connectivity index (χ4v) is 3.18. The Kier molecular flexibility index (Phi) is 5.70. The van der Waals surface area contributed by atoms with Crippen LogP contribution in [-0.2, 0) is 0 Å². The van der Waals surface area contributed by atoms with E-state index in [1.807, 2.05) is 30.0 Å². The van der Waals surface area contributed by atoms with Gasteiger partial charge in [-0.2, -0.15) is 0 Å². The number of benzene rings is 1. The van der Waals surface area contributed by atoms with Crippen molar-refractivity contribution in [3.05, 3.63) is 40.2 Å². The third kappa shape index (κ3) is 4.08. The van der Waals surface area contributed by atoms with Crippen molar-refractivity contribution in [1.82, 2.24) is 14.9 Å².